The van der Waals surface area contributed by atoms with Crippen molar-refractivity contribution in [1.29, 1.82) is 0 Å². The van der Waals surface area contributed by atoms with Gasteiger partial charge < -0.3 is 0 Å². The third-order valence-corrected chi connectivity index (χ3v) is 4.17. The fraction of sp³-hybridized carbons (Fsp3) is 1.00. The summed E-state index contributed by atoms with van der Waals surface area (Å²) in [5, 5.41) is 0. The Labute approximate surface area is 63.7 Å². The van der Waals surface area contributed by atoms with Crippen LogP contribution in [0.15, 0.2) is 0 Å². The van der Waals surface area contributed by atoms with E-state index in [1.54, 1.807) is 0 Å². The molecular formula is C5H13BN2Se. The van der Waals surface area contributed by atoms with E-state index in [1.165, 1.54) is 13.1 Å². The van der Waals surface area contributed by atoms with Crippen LogP contribution in [0.2, 0.25) is 5.82 Å². The molecule has 0 bridgehead atoms. The summed E-state index contributed by atoms with van der Waals surface area (Å²) in [6.07, 6.45) is 0. The van der Waals surface area contributed by atoms with E-state index in [0.29, 0.717) is 0 Å². The molecule has 0 aromatic carbocycles. The Hall–Kier alpha value is 0.504. The molecule has 1 saturated heterocycles. The number of likely N-dealkylation sites (N-methyl/N-ethyl adjacent to an activating group) is 2. The minimum absolute atomic E-state index is 0.750. The van der Waals surface area contributed by atoms with Crippen molar-refractivity contribution in [2.45, 2.75) is 5.82 Å². The van der Waals surface area contributed by atoms with Gasteiger partial charge in [-0.2, -0.15) is 0 Å². The van der Waals surface area contributed by atoms with Gasteiger partial charge in [0.05, 0.1) is 0 Å². The first-order valence-corrected chi connectivity index (χ1v) is 5.89. The predicted octanol–water partition coefficient (Wildman–Crippen LogP) is -0.399. The van der Waals surface area contributed by atoms with Gasteiger partial charge in [-0.05, 0) is 0 Å². The Morgan fingerprint density at radius 1 is 1.22 bits per heavy atom. The molecule has 0 saturated carbocycles. The molecule has 1 rings (SSSR count). The van der Waals surface area contributed by atoms with Crippen molar-refractivity contribution in [3.63, 3.8) is 0 Å². The molecule has 2 nitrogen and oxygen atoms in total. The first-order chi connectivity index (χ1) is 4.25. The molecular weight excluding hydrogens is 178 g/mol. The molecule has 0 unspecified atom stereocenters. The average Bonchev–Trinajstić information content (AvgIpc) is 2.12. The minimum atomic E-state index is 0.750. The summed E-state index contributed by atoms with van der Waals surface area (Å²) in [7, 11) is 4.42. The van der Waals surface area contributed by atoms with Gasteiger partial charge in [-0.15, -0.1) is 0 Å². The Bertz CT molecular complexity index is 91.0. The van der Waals surface area contributed by atoms with Crippen molar-refractivity contribution in [2.24, 2.45) is 0 Å². The van der Waals surface area contributed by atoms with Crippen LogP contribution in [0.4, 0.5) is 0 Å². The van der Waals surface area contributed by atoms with Crippen LogP contribution in [-0.2, 0) is 0 Å². The quantitative estimate of drug-likeness (QED) is 0.520. The van der Waals surface area contributed by atoms with E-state index in [1.807, 2.05) is 0 Å². The normalized spacial score (nSPS) is 23.7. The van der Waals surface area contributed by atoms with Crippen LogP contribution in [0.3, 0.4) is 0 Å². The van der Waals surface area contributed by atoms with Crippen LogP contribution in [0, 0.1) is 0 Å². The molecule has 52 valence electrons. The van der Waals surface area contributed by atoms with E-state index in [2.05, 4.69) is 29.5 Å². The first-order valence-electron chi connectivity index (χ1n) is 3.19. The molecule has 1 heterocycles. The van der Waals surface area contributed by atoms with Crippen LogP contribution in [0.1, 0.15) is 0 Å². The molecule has 9 heavy (non-hydrogen) atoms. The maximum atomic E-state index is 2.43. The van der Waals surface area contributed by atoms with Gasteiger partial charge in [-0.1, -0.05) is 0 Å². The van der Waals surface area contributed by atoms with Gasteiger partial charge in [0.2, 0.25) is 0 Å². The van der Waals surface area contributed by atoms with E-state index >= 15 is 0 Å². The molecule has 0 radical (unpaired) electrons. The summed E-state index contributed by atoms with van der Waals surface area (Å²) < 4.78 is 0. The first kappa shape index (κ1) is 7.61. The van der Waals surface area contributed by atoms with E-state index in [9.17, 15) is 0 Å². The van der Waals surface area contributed by atoms with Crippen molar-refractivity contribution >= 4 is 20.6 Å². The van der Waals surface area contributed by atoms with Crippen molar-refractivity contribution < 1.29 is 0 Å². The third kappa shape index (κ3) is 1.50. The zero-order valence-corrected chi connectivity index (χ0v) is 8.01. The summed E-state index contributed by atoms with van der Waals surface area (Å²) in [5.41, 5.74) is 0. The van der Waals surface area contributed by atoms with Gasteiger partial charge >= 0.3 is 63.2 Å². The fourth-order valence-corrected chi connectivity index (χ4v) is 3.19. The van der Waals surface area contributed by atoms with Crippen LogP contribution >= 0.6 is 0 Å². The molecule has 0 aliphatic carbocycles. The zero-order valence-electron chi connectivity index (χ0n) is 6.29. The fourth-order valence-electron chi connectivity index (χ4n) is 1.23. The van der Waals surface area contributed by atoms with Crippen molar-refractivity contribution in [3.8, 4) is 0 Å². The Kier molecular flexibility index (Phi) is 2.59. The molecule has 0 amide bonds. The van der Waals surface area contributed by atoms with E-state index in [0.717, 1.165) is 20.6 Å². The number of hydrogen-bond acceptors (Lipinski definition) is 2. The molecule has 0 spiro atoms. The molecule has 1 aliphatic heterocycles. The Morgan fingerprint density at radius 2 is 1.67 bits per heavy atom. The molecule has 1 fully saturated rings. The summed E-state index contributed by atoms with van der Waals surface area (Å²) in [5.74, 6) is 3.06. The molecule has 0 N–H and O–H groups in total. The third-order valence-electron chi connectivity index (χ3n) is 1.77. The van der Waals surface area contributed by atoms with Crippen molar-refractivity contribution in [2.75, 3.05) is 27.2 Å². The maximum absolute atomic E-state index is 2.43. The van der Waals surface area contributed by atoms with Crippen LogP contribution in [-0.4, -0.2) is 57.4 Å². The van der Waals surface area contributed by atoms with Gasteiger partial charge in [-0.3, -0.25) is 0 Å². The summed E-state index contributed by atoms with van der Waals surface area (Å²) in [6.45, 7) is 2.49. The summed E-state index contributed by atoms with van der Waals surface area (Å²) >= 11 is 0.750. The van der Waals surface area contributed by atoms with Gasteiger partial charge in [0, 0.05) is 0 Å². The zero-order chi connectivity index (χ0) is 6.85. The van der Waals surface area contributed by atoms with Crippen molar-refractivity contribution in [1.82, 2.24) is 9.62 Å². The van der Waals surface area contributed by atoms with Crippen LogP contribution in [0.25, 0.3) is 0 Å². The Balaban J connectivity index is 2.44. The predicted molar refractivity (Wildman–Crippen MR) is 42.6 cm³/mol. The van der Waals surface area contributed by atoms with Gasteiger partial charge in [0.1, 0.15) is 0 Å². The molecule has 1 aliphatic rings. The van der Waals surface area contributed by atoms with Gasteiger partial charge in [-0.25, -0.2) is 0 Å². The molecule has 0 atom stereocenters. The monoisotopic (exact) mass is 192 g/mol. The second-order valence-electron chi connectivity index (χ2n) is 2.52. The summed E-state index contributed by atoms with van der Waals surface area (Å²) in [4.78, 5) is 4.86. The van der Waals surface area contributed by atoms with E-state index in [4.69, 9.17) is 0 Å². The second-order valence-corrected chi connectivity index (χ2v) is 4.40. The SMILES string of the molecule is C[Se]B1N(C)CCN1C. The van der Waals surface area contributed by atoms with E-state index < -0.39 is 0 Å². The van der Waals surface area contributed by atoms with Crippen LogP contribution < -0.4 is 0 Å². The number of rotatable bonds is 1. The molecule has 0 aromatic heterocycles. The molecule has 4 heteroatoms. The summed E-state index contributed by atoms with van der Waals surface area (Å²) in [6, 6.07) is 0. The van der Waals surface area contributed by atoms with Gasteiger partial charge in [0.15, 0.2) is 0 Å². The second kappa shape index (κ2) is 3.06. The standard InChI is InChI=1S/C5H13BN2Se/c1-7-4-5-8(2)6(7)9-3/h4-5H2,1-3H3. The number of nitrogens with zero attached hydrogens (tertiary/aromatic N) is 2. The Morgan fingerprint density at radius 3 is 1.89 bits per heavy atom. The van der Waals surface area contributed by atoms with Crippen molar-refractivity contribution in [3.05, 3.63) is 0 Å². The number of hydrogen-bond donors (Lipinski definition) is 0. The topological polar surface area (TPSA) is 6.48 Å². The van der Waals surface area contributed by atoms with Crippen LogP contribution in [0.5, 0.6) is 0 Å². The average molecular weight is 191 g/mol. The molecule has 0 aromatic rings. The van der Waals surface area contributed by atoms with Gasteiger partial charge in [0.25, 0.3) is 0 Å². The van der Waals surface area contributed by atoms with E-state index in [-0.39, 0.29) is 0 Å².